The highest BCUT2D eigenvalue weighted by Gasteiger charge is 2.61. The van der Waals surface area contributed by atoms with Crippen molar-refractivity contribution in [3.63, 3.8) is 0 Å². The van der Waals surface area contributed by atoms with Crippen molar-refractivity contribution in [2.24, 2.45) is 0 Å². The van der Waals surface area contributed by atoms with E-state index in [4.69, 9.17) is 0 Å². The molecule has 0 spiro atoms. The zero-order valence-corrected chi connectivity index (χ0v) is 9.18. The molecule has 0 atom stereocenters. The summed E-state index contributed by atoms with van der Waals surface area (Å²) in [6.07, 6.45) is -6.89. The van der Waals surface area contributed by atoms with Gasteiger partial charge >= 0.3 is 18.1 Å². The minimum Gasteiger partial charge on any atom is -0.383 e. The molecule has 9 heteroatoms. The molecule has 0 radical (unpaired) electrons. The molecule has 4 nitrogen and oxygen atoms in total. The molecule has 0 aromatic carbocycles. The maximum Gasteiger partial charge on any atom is 0.470 e. The molecule has 0 saturated carbocycles. The minimum atomic E-state index is -5.19. The maximum atomic E-state index is 12.6. The second kappa shape index (κ2) is 5.99. The first kappa shape index (κ1) is 15.9. The van der Waals surface area contributed by atoms with Crippen molar-refractivity contribution in [3.8, 4) is 0 Å². The van der Waals surface area contributed by atoms with Crippen LogP contribution in [0.2, 0.25) is 0 Å². The highest BCUT2D eigenvalue weighted by atomic mass is 19.3. The van der Waals surface area contributed by atoms with Gasteiger partial charge in [-0.2, -0.15) is 17.6 Å². The number of alkyl halides is 5. The first-order valence-electron chi connectivity index (χ1n) is 4.42. The molecule has 0 heterocycles. The van der Waals surface area contributed by atoms with Crippen molar-refractivity contribution in [2.75, 3.05) is 34.0 Å². The third kappa shape index (κ3) is 4.33. The van der Waals surface area contributed by atoms with Crippen LogP contribution >= 0.6 is 0 Å². The molecular weight excluding hydrogens is 253 g/mol. The monoisotopic (exact) mass is 265 g/mol. The number of likely N-dealkylation sites (N-methyl/N-ethyl adjacent to an activating group) is 1. The Morgan fingerprint density at radius 1 is 1.29 bits per heavy atom. The Hall–Kier alpha value is -1.12. The molecule has 0 aliphatic heterocycles. The first-order valence-corrected chi connectivity index (χ1v) is 4.42. The summed E-state index contributed by atoms with van der Waals surface area (Å²) < 4.78 is 69.5. The molecule has 0 aliphatic carbocycles. The summed E-state index contributed by atoms with van der Waals surface area (Å²) in [4.78, 5) is 11.5. The molecule has 0 saturated heterocycles. The number of nitrogens with zero attached hydrogens (tertiary/aromatic N) is 1. The van der Waals surface area contributed by atoms with Gasteiger partial charge in [0.1, 0.15) is 0 Å². The quantitative estimate of drug-likeness (QED) is 0.688. The van der Waals surface area contributed by atoms with Crippen molar-refractivity contribution in [1.82, 2.24) is 4.90 Å². The van der Waals surface area contributed by atoms with Gasteiger partial charge in [0.25, 0.3) is 0 Å². The van der Waals surface area contributed by atoms with Crippen molar-refractivity contribution >= 4 is 6.09 Å². The van der Waals surface area contributed by atoms with E-state index in [9.17, 15) is 26.7 Å². The van der Waals surface area contributed by atoms with Crippen LogP contribution in [0.4, 0.5) is 26.7 Å². The van der Waals surface area contributed by atoms with Gasteiger partial charge in [-0.1, -0.05) is 0 Å². The van der Waals surface area contributed by atoms with Crippen LogP contribution in [0.5, 0.6) is 0 Å². The fourth-order valence-corrected chi connectivity index (χ4v) is 0.660. The van der Waals surface area contributed by atoms with Crippen molar-refractivity contribution < 1.29 is 36.2 Å². The molecule has 0 aromatic rings. The summed E-state index contributed by atoms with van der Waals surface area (Å²) in [6.45, 7) is -2.75. The Kier molecular flexibility index (Phi) is 5.59. The predicted molar refractivity (Wildman–Crippen MR) is 46.9 cm³/mol. The molecule has 0 aliphatic rings. The summed E-state index contributed by atoms with van der Waals surface area (Å²) in [5, 5.41) is 0. The van der Waals surface area contributed by atoms with Crippen LogP contribution in [0, 0.1) is 0 Å². The molecular formula is C8H12F5NO3. The molecule has 17 heavy (non-hydrogen) atoms. The van der Waals surface area contributed by atoms with Gasteiger partial charge < -0.3 is 14.4 Å². The number of ether oxygens (including phenoxy) is 2. The summed E-state index contributed by atoms with van der Waals surface area (Å²) in [5.41, 5.74) is 0. The van der Waals surface area contributed by atoms with E-state index in [0.717, 1.165) is 7.05 Å². The Balaban J connectivity index is 4.46. The maximum absolute atomic E-state index is 12.6. The van der Waals surface area contributed by atoms with Crippen LogP contribution in [-0.4, -0.2) is 57.0 Å². The Bertz CT molecular complexity index is 262. The van der Waals surface area contributed by atoms with E-state index < -0.39 is 24.8 Å². The minimum absolute atomic E-state index is 0.0106. The number of methoxy groups -OCH3 is 1. The van der Waals surface area contributed by atoms with E-state index in [1.54, 1.807) is 0 Å². The van der Waals surface area contributed by atoms with Crippen LogP contribution in [0.3, 0.4) is 0 Å². The summed E-state index contributed by atoms with van der Waals surface area (Å²) >= 11 is 0. The Morgan fingerprint density at radius 3 is 2.24 bits per heavy atom. The fourth-order valence-electron chi connectivity index (χ4n) is 0.660. The van der Waals surface area contributed by atoms with Gasteiger partial charge in [0.2, 0.25) is 0 Å². The van der Waals surface area contributed by atoms with Crippen molar-refractivity contribution in [3.05, 3.63) is 0 Å². The highest BCUT2D eigenvalue weighted by Crippen LogP contribution is 2.35. The highest BCUT2D eigenvalue weighted by molar-refractivity contribution is 5.67. The topological polar surface area (TPSA) is 38.8 Å². The number of hydrogen-bond acceptors (Lipinski definition) is 3. The van der Waals surface area contributed by atoms with Crippen LogP contribution in [0.15, 0.2) is 0 Å². The largest absolute Gasteiger partial charge is 0.470 e. The number of hydrogen-bond donors (Lipinski definition) is 0. The van der Waals surface area contributed by atoms with Gasteiger partial charge in [0.15, 0.2) is 6.67 Å². The molecule has 0 bridgehead atoms. The van der Waals surface area contributed by atoms with Crippen LogP contribution in [0.1, 0.15) is 0 Å². The Labute approximate surface area is 94.3 Å². The first-order chi connectivity index (χ1) is 7.68. The van der Waals surface area contributed by atoms with E-state index in [-0.39, 0.29) is 13.2 Å². The molecule has 0 rings (SSSR count). The molecule has 0 aromatic heterocycles. The zero-order chi connectivity index (χ0) is 13.7. The van der Waals surface area contributed by atoms with E-state index in [1.165, 1.54) is 7.11 Å². The number of carbonyl (C=O) groups is 1. The lowest BCUT2D eigenvalue weighted by Crippen LogP contribution is -2.48. The molecule has 1 amide bonds. The SMILES string of the molecule is COCCN(C)C(=O)OC(F)(F)C(F)(F)CF. The van der Waals surface area contributed by atoms with Gasteiger partial charge in [0, 0.05) is 20.7 Å². The van der Waals surface area contributed by atoms with Crippen LogP contribution < -0.4 is 0 Å². The van der Waals surface area contributed by atoms with E-state index in [1.807, 2.05) is 0 Å². The lowest BCUT2D eigenvalue weighted by Gasteiger charge is -2.25. The van der Waals surface area contributed by atoms with Gasteiger partial charge in [-0.15, -0.1) is 0 Å². The van der Waals surface area contributed by atoms with E-state index in [0.29, 0.717) is 4.90 Å². The smallest absolute Gasteiger partial charge is 0.383 e. The normalized spacial score (nSPS) is 12.4. The Morgan fingerprint density at radius 2 is 1.82 bits per heavy atom. The summed E-state index contributed by atoms with van der Waals surface area (Å²) in [5.74, 6) is -5.05. The van der Waals surface area contributed by atoms with Crippen LogP contribution in [-0.2, 0) is 9.47 Å². The number of amides is 1. The van der Waals surface area contributed by atoms with Gasteiger partial charge in [-0.25, -0.2) is 9.18 Å². The third-order valence-corrected chi connectivity index (χ3v) is 1.75. The van der Waals surface area contributed by atoms with Gasteiger partial charge in [-0.3, -0.25) is 0 Å². The van der Waals surface area contributed by atoms with Crippen molar-refractivity contribution in [1.29, 1.82) is 0 Å². The second-order valence-electron chi connectivity index (χ2n) is 3.14. The van der Waals surface area contributed by atoms with Gasteiger partial charge in [0.05, 0.1) is 6.61 Å². The number of halogens is 5. The van der Waals surface area contributed by atoms with E-state index >= 15 is 0 Å². The number of carbonyl (C=O) groups excluding carboxylic acids is 1. The molecule has 0 fully saturated rings. The standard InChI is InChI=1S/C8H12F5NO3/c1-14(3-4-16-2)6(15)17-8(12,13)7(10,11)5-9/h3-5H2,1-2H3. The molecule has 0 N–H and O–H groups in total. The zero-order valence-electron chi connectivity index (χ0n) is 9.18. The molecule has 0 unspecified atom stereocenters. The second-order valence-corrected chi connectivity index (χ2v) is 3.14. The van der Waals surface area contributed by atoms with Crippen molar-refractivity contribution in [2.45, 2.75) is 12.0 Å². The third-order valence-electron chi connectivity index (χ3n) is 1.75. The summed E-state index contributed by atoms with van der Waals surface area (Å²) in [6, 6.07) is 0. The van der Waals surface area contributed by atoms with Crippen LogP contribution in [0.25, 0.3) is 0 Å². The average Bonchev–Trinajstić information content (AvgIpc) is 2.24. The lowest BCUT2D eigenvalue weighted by atomic mass is 10.3. The predicted octanol–water partition coefficient (Wildman–Crippen LogP) is 1.90. The number of rotatable bonds is 6. The summed E-state index contributed by atoms with van der Waals surface area (Å²) in [7, 11) is 2.34. The van der Waals surface area contributed by atoms with Gasteiger partial charge in [-0.05, 0) is 0 Å². The lowest BCUT2D eigenvalue weighted by molar-refractivity contribution is -0.326. The molecule has 102 valence electrons. The van der Waals surface area contributed by atoms with E-state index in [2.05, 4.69) is 9.47 Å². The fraction of sp³-hybridized carbons (Fsp3) is 0.875. The average molecular weight is 265 g/mol.